The zero-order valence-electron chi connectivity index (χ0n) is 12.4. The molecule has 0 bridgehead atoms. The Balaban J connectivity index is 1.99. The number of fused-ring (bicyclic) bond motifs is 1. The number of carbonyl (C=O) groups excluding carboxylic acids is 2. The third-order valence-electron chi connectivity index (χ3n) is 3.76. The van der Waals surface area contributed by atoms with Gasteiger partial charge in [0, 0.05) is 29.6 Å². The summed E-state index contributed by atoms with van der Waals surface area (Å²) in [5.74, 6) is -0.759. The lowest BCUT2D eigenvalue weighted by Crippen LogP contribution is -2.31. The highest BCUT2D eigenvalue weighted by Crippen LogP contribution is 2.30. The largest absolute Gasteiger partial charge is 0.363 e. The van der Waals surface area contributed by atoms with Gasteiger partial charge in [-0.1, -0.05) is 11.6 Å². The predicted octanol–water partition coefficient (Wildman–Crippen LogP) is 3.27. The van der Waals surface area contributed by atoms with E-state index in [2.05, 4.69) is 4.98 Å². The number of hydrogen-bond donors (Lipinski definition) is 0. The van der Waals surface area contributed by atoms with Crippen LogP contribution in [-0.2, 0) is 0 Å². The molecule has 2 heterocycles. The molecule has 7 nitrogen and oxygen atoms in total. The number of amides is 1. The Kier molecular flexibility index (Phi) is 4.26. The van der Waals surface area contributed by atoms with Crippen molar-refractivity contribution in [3.8, 4) is 0 Å². The second-order valence-electron chi connectivity index (χ2n) is 5.31. The number of nitro groups is 1. The van der Waals surface area contributed by atoms with Gasteiger partial charge in [-0.3, -0.25) is 9.59 Å². The molecule has 2 aromatic rings. The molecule has 1 aliphatic heterocycles. The fourth-order valence-electron chi connectivity index (χ4n) is 2.61. The van der Waals surface area contributed by atoms with E-state index in [4.69, 9.17) is 11.6 Å². The molecule has 0 fully saturated rings. The first-order valence-electron chi connectivity index (χ1n) is 7.22. The molecular formula is C16H12ClN3O4. The average Bonchev–Trinajstić information content (AvgIpc) is 2.73. The van der Waals surface area contributed by atoms with Crippen molar-refractivity contribution < 1.29 is 14.5 Å². The molecule has 0 saturated heterocycles. The maximum absolute atomic E-state index is 12.8. The summed E-state index contributed by atoms with van der Waals surface area (Å²) < 4.78 is 0. The van der Waals surface area contributed by atoms with E-state index in [1.54, 1.807) is 18.2 Å². The predicted molar refractivity (Wildman–Crippen MR) is 87.6 cm³/mol. The molecule has 0 aliphatic carbocycles. The molecule has 0 unspecified atom stereocenters. The molecule has 0 N–H and O–H groups in total. The van der Waals surface area contributed by atoms with Crippen molar-refractivity contribution in [2.24, 2.45) is 0 Å². The number of hydrogen-bond acceptors (Lipinski definition) is 5. The van der Waals surface area contributed by atoms with Crippen LogP contribution in [0.5, 0.6) is 0 Å². The lowest BCUT2D eigenvalue weighted by atomic mass is 10.1. The van der Waals surface area contributed by atoms with Crippen LogP contribution in [0.15, 0.2) is 36.5 Å². The third-order valence-corrected chi connectivity index (χ3v) is 4.00. The number of rotatable bonds is 2. The number of carbonyl (C=O) groups is 2. The summed E-state index contributed by atoms with van der Waals surface area (Å²) in [7, 11) is 0. The van der Waals surface area contributed by atoms with E-state index in [1.807, 2.05) is 0 Å². The Morgan fingerprint density at radius 1 is 1.29 bits per heavy atom. The Morgan fingerprint density at radius 3 is 2.75 bits per heavy atom. The van der Waals surface area contributed by atoms with Crippen molar-refractivity contribution in [1.82, 2.24) is 4.98 Å². The van der Waals surface area contributed by atoms with E-state index >= 15 is 0 Å². The van der Waals surface area contributed by atoms with E-state index in [0.29, 0.717) is 35.7 Å². The van der Waals surface area contributed by atoms with Crippen LogP contribution in [0, 0.1) is 10.1 Å². The van der Waals surface area contributed by atoms with Crippen LogP contribution in [0.1, 0.15) is 33.6 Å². The smallest absolute Gasteiger partial charge is 0.358 e. The van der Waals surface area contributed by atoms with E-state index in [1.165, 1.54) is 23.2 Å². The van der Waals surface area contributed by atoms with E-state index in [9.17, 15) is 19.7 Å². The molecule has 24 heavy (non-hydrogen) atoms. The molecule has 0 saturated carbocycles. The first-order chi connectivity index (χ1) is 11.5. The Bertz CT molecular complexity index is 836. The summed E-state index contributed by atoms with van der Waals surface area (Å²) in [5.41, 5.74) is 1.12. The summed E-state index contributed by atoms with van der Waals surface area (Å²) in [4.78, 5) is 40.1. The fourth-order valence-corrected chi connectivity index (χ4v) is 2.78. The summed E-state index contributed by atoms with van der Waals surface area (Å²) in [6, 6.07) is 7.35. The van der Waals surface area contributed by atoms with E-state index in [-0.39, 0.29) is 23.1 Å². The summed E-state index contributed by atoms with van der Waals surface area (Å²) in [6.45, 7) is 0.371. The number of nitrogens with zero attached hydrogens (tertiary/aromatic N) is 3. The zero-order valence-corrected chi connectivity index (χ0v) is 13.2. The van der Waals surface area contributed by atoms with Gasteiger partial charge < -0.3 is 15.0 Å². The van der Waals surface area contributed by atoms with Gasteiger partial charge in [0.15, 0.2) is 12.0 Å². The summed E-state index contributed by atoms with van der Waals surface area (Å²) >= 11 is 5.96. The van der Waals surface area contributed by atoms with Gasteiger partial charge in [0.05, 0.1) is 11.3 Å². The van der Waals surface area contributed by atoms with Crippen LogP contribution in [0.2, 0.25) is 5.02 Å². The summed E-state index contributed by atoms with van der Waals surface area (Å²) in [5, 5.41) is 11.1. The van der Waals surface area contributed by atoms with Gasteiger partial charge >= 0.3 is 5.82 Å². The van der Waals surface area contributed by atoms with Gasteiger partial charge in [-0.05, 0) is 40.6 Å². The normalized spacial score (nSPS) is 14.0. The molecule has 0 radical (unpaired) electrons. The highest BCUT2D eigenvalue weighted by atomic mass is 35.5. The fraction of sp³-hybridized carbons (Fsp3) is 0.188. The Labute approximate surface area is 142 Å². The van der Waals surface area contributed by atoms with Crippen molar-refractivity contribution in [2.75, 3.05) is 11.4 Å². The SMILES string of the molecule is O=C1CCCN(C(=O)c2ccc([N+](=O)[O-])nc2)c2ccc(Cl)cc21. The molecule has 122 valence electrons. The number of pyridine rings is 1. The minimum Gasteiger partial charge on any atom is -0.358 e. The second kappa shape index (κ2) is 6.37. The van der Waals surface area contributed by atoms with Crippen LogP contribution in [0.3, 0.4) is 0 Å². The van der Waals surface area contributed by atoms with Gasteiger partial charge in [-0.25, -0.2) is 0 Å². The average molecular weight is 346 g/mol. The molecule has 1 aromatic heterocycles. The molecule has 1 aliphatic rings. The lowest BCUT2D eigenvalue weighted by Gasteiger charge is -2.22. The van der Waals surface area contributed by atoms with Gasteiger partial charge in [0.1, 0.15) is 0 Å². The van der Waals surface area contributed by atoms with Crippen molar-refractivity contribution in [2.45, 2.75) is 12.8 Å². The van der Waals surface area contributed by atoms with Crippen LogP contribution in [0.4, 0.5) is 11.5 Å². The lowest BCUT2D eigenvalue weighted by molar-refractivity contribution is -0.389. The van der Waals surface area contributed by atoms with Crippen molar-refractivity contribution in [3.05, 3.63) is 62.8 Å². The molecule has 8 heteroatoms. The standard InChI is InChI=1S/C16H12ClN3O4/c17-11-4-5-13-12(8-11)14(21)2-1-7-19(13)16(22)10-3-6-15(18-9-10)20(23)24/h3-6,8-9H,1-2,7H2. The number of anilines is 1. The molecule has 1 aromatic carbocycles. The molecule has 0 spiro atoms. The van der Waals surface area contributed by atoms with Gasteiger partial charge in [-0.15, -0.1) is 0 Å². The first kappa shape index (κ1) is 16.1. The van der Waals surface area contributed by atoms with Crippen LogP contribution in [0.25, 0.3) is 0 Å². The molecule has 3 rings (SSSR count). The molecule has 0 atom stereocenters. The first-order valence-corrected chi connectivity index (χ1v) is 7.60. The second-order valence-corrected chi connectivity index (χ2v) is 5.74. The van der Waals surface area contributed by atoms with Crippen LogP contribution in [-0.4, -0.2) is 28.1 Å². The minimum absolute atomic E-state index is 0.0652. The van der Waals surface area contributed by atoms with Crippen LogP contribution >= 0.6 is 11.6 Å². The maximum Gasteiger partial charge on any atom is 0.363 e. The third kappa shape index (κ3) is 2.98. The quantitative estimate of drug-likeness (QED) is 0.615. The maximum atomic E-state index is 12.8. The van der Waals surface area contributed by atoms with E-state index < -0.39 is 4.92 Å². The number of aromatic nitrogens is 1. The zero-order chi connectivity index (χ0) is 17.3. The summed E-state index contributed by atoms with van der Waals surface area (Å²) in [6.07, 6.45) is 2.02. The molecule has 1 amide bonds. The highest BCUT2D eigenvalue weighted by molar-refractivity contribution is 6.31. The highest BCUT2D eigenvalue weighted by Gasteiger charge is 2.27. The van der Waals surface area contributed by atoms with Crippen molar-refractivity contribution >= 4 is 34.8 Å². The van der Waals surface area contributed by atoms with Crippen molar-refractivity contribution in [1.29, 1.82) is 0 Å². The minimum atomic E-state index is -0.629. The number of ketones is 1. The monoisotopic (exact) mass is 345 g/mol. The number of benzene rings is 1. The van der Waals surface area contributed by atoms with E-state index in [0.717, 1.165) is 0 Å². The Morgan fingerprint density at radius 2 is 2.08 bits per heavy atom. The topological polar surface area (TPSA) is 93.4 Å². The van der Waals surface area contributed by atoms with Gasteiger partial charge in [-0.2, -0.15) is 0 Å². The Hall–Kier alpha value is -2.80. The van der Waals surface area contributed by atoms with Crippen molar-refractivity contribution in [3.63, 3.8) is 0 Å². The molecular weight excluding hydrogens is 334 g/mol. The van der Waals surface area contributed by atoms with Gasteiger partial charge in [0.25, 0.3) is 5.91 Å². The number of halogens is 1. The van der Waals surface area contributed by atoms with Crippen LogP contribution < -0.4 is 4.90 Å². The number of Topliss-reactive ketones (excluding diaryl/α,β-unsaturated/α-hetero) is 1. The van der Waals surface area contributed by atoms with Gasteiger partial charge in [0.2, 0.25) is 0 Å².